The van der Waals surface area contributed by atoms with Gasteiger partial charge in [-0.3, -0.25) is 4.79 Å². The van der Waals surface area contributed by atoms with Crippen LogP contribution in [0.2, 0.25) is 0 Å². The number of rotatable bonds is 9. The number of carbonyl (C=O) groups is 3. The van der Waals surface area contributed by atoms with Crippen molar-refractivity contribution in [1.29, 1.82) is 0 Å². The van der Waals surface area contributed by atoms with Crippen LogP contribution in [0.4, 0.5) is 37.7 Å². The molecular formula is C30H24F6N2O7S. The second kappa shape index (κ2) is 13.2. The number of halogens is 6. The van der Waals surface area contributed by atoms with Gasteiger partial charge < -0.3 is 29.9 Å². The number of carboxylic acid groups (broad SMARTS) is 1. The predicted octanol–water partition coefficient (Wildman–Crippen LogP) is 6.47. The van der Waals surface area contributed by atoms with Gasteiger partial charge in [-0.1, -0.05) is 12.2 Å². The molecule has 16 heteroatoms. The van der Waals surface area contributed by atoms with E-state index in [2.05, 4.69) is 10.1 Å². The van der Waals surface area contributed by atoms with Gasteiger partial charge in [-0.15, -0.1) is 0 Å². The minimum Gasteiger partial charge on any atom is -0.508 e. The number of amides is 1. The minimum absolute atomic E-state index is 0.0429. The third-order valence-electron chi connectivity index (χ3n) is 6.92. The maximum atomic E-state index is 13.4. The zero-order valence-electron chi connectivity index (χ0n) is 23.7. The minimum atomic E-state index is -5.10. The van der Waals surface area contributed by atoms with E-state index in [1.54, 1.807) is 0 Å². The highest BCUT2D eigenvalue weighted by Gasteiger charge is 2.38. The standard InChI is InChI=1S/C30H24F6N2O7S/c1-44-28(43)17-6-16(27(41)42)7-20(8-17)37-25(46)5-2-21-9-15-10-22(39)3-4-24(15)38(21)26(40)14-45-23-12-18(29(31,32)33)11-19(13-23)30(34,35)36/h3-4,6-8,10-13,21,39H,2,5,9,14H2,1H3,(H,37,46)(H,41,42). The van der Waals surface area contributed by atoms with Gasteiger partial charge in [0.2, 0.25) is 0 Å². The highest BCUT2D eigenvalue weighted by molar-refractivity contribution is 7.80. The molecule has 1 aliphatic heterocycles. The Labute approximate surface area is 262 Å². The van der Waals surface area contributed by atoms with Crippen molar-refractivity contribution in [2.45, 2.75) is 37.7 Å². The lowest BCUT2D eigenvalue weighted by molar-refractivity contribution is -0.143. The molecule has 1 amide bonds. The number of methoxy groups -OCH3 is 1. The van der Waals surface area contributed by atoms with Crippen molar-refractivity contribution in [3.63, 3.8) is 0 Å². The number of phenolic OH excluding ortho intramolecular Hbond substituents is 1. The van der Waals surface area contributed by atoms with Gasteiger partial charge in [-0.05, 0) is 73.0 Å². The van der Waals surface area contributed by atoms with E-state index in [1.165, 1.54) is 35.2 Å². The van der Waals surface area contributed by atoms with Crippen molar-refractivity contribution in [2.24, 2.45) is 0 Å². The molecule has 0 bridgehead atoms. The number of thiocarbonyl (C=S) groups is 1. The third kappa shape index (κ3) is 8.04. The fourth-order valence-electron chi connectivity index (χ4n) is 4.89. The summed E-state index contributed by atoms with van der Waals surface area (Å²) in [7, 11) is 1.13. The van der Waals surface area contributed by atoms with Crippen LogP contribution >= 0.6 is 12.2 Å². The van der Waals surface area contributed by atoms with E-state index in [9.17, 15) is 50.9 Å². The Morgan fingerprint density at radius 2 is 1.59 bits per heavy atom. The van der Waals surface area contributed by atoms with E-state index in [4.69, 9.17) is 17.0 Å². The summed E-state index contributed by atoms with van der Waals surface area (Å²) in [6.45, 7) is -0.906. The van der Waals surface area contributed by atoms with E-state index < -0.39 is 59.7 Å². The number of anilines is 2. The van der Waals surface area contributed by atoms with Gasteiger partial charge in [0.15, 0.2) is 6.61 Å². The fourth-order valence-corrected chi connectivity index (χ4v) is 5.12. The monoisotopic (exact) mass is 670 g/mol. The number of fused-ring (bicyclic) bond motifs is 1. The molecule has 244 valence electrons. The van der Waals surface area contributed by atoms with Crippen molar-refractivity contribution in [3.8, 4) is 11.5 Å². The quantitative estimate of drug-likeness (QED) is 0.133. The SMILES string of the molecule is COC(=O)c1cc(NC(=S)CCC2Cc3cc(O)ccc3N2C(=O)COc2cc(C(F)(F)F)cc(C(F)(F)F)c2)cc(C(=O)O)c1. The Kier molecular flexibility index (Phi) is 9.80. The molecule has 1 heterocycles. The highest BCUT2D eigenvalue weighted by Crippen LogP contribution is 2.39. The Hall–Kier alpha value is -4.86. The van der Waals surface area contributed by atoms with Gasteiger partial charge in [0.05, 0.1) is 34.4 Å². The van der Waals surface area contributed by atoms with Gasteiger partial charge >= 0.3 is 24.3 Å². The van der Waals surface area contributed by atoms with Crippen LogP contribution in [0.5, 0.6) is 11.5 Å². The number of carbonyl (C=O) groups excluding carboxylic acids is 2. The normalized spacial score (nSPS) is 14.4. The van der Waals surface area contributed by atoms with Gasteiger partial charge in [0.1, 0.15) is 11.5 Å². The lowest BCUT2D eigenvalue weighted by Gasteiger charge is -2.26. The Balaban J connectivity index is 1.51. The largest absolute Gasteiger partial charge is 0.508 e. The maximum Gasteiger partial charge on any atom is 0.416 e. The first-order valence-electron chi connectivity index (χ1n) is 13.3. The number of ether oxygens (including phenoxy) is 2. The number of aromatic carboxylic acids is 1. The molecule has 1 aliphatic rings. The summed E-state index contributed by atoms with van der Waals surface area (Å²) in [6, 6.07) is 7.95. The van der Waals surface area contributed by atoms with Gasteiger partial charge in [0.25, 0.3) is 5.91 Å². The number of carboxylic acids is 1. The summed E-state index contributed by atoms with van der Waals surface area (Å²) in [5.74, 6) is -3.76. The van der Waals surface area contributed by atoms with Crippen LogP contribution in [0.1, 0.15) is 50.2 Å². The molecule has 0 aliphatic carbocycles. The lowest BCUT2D eigenvalue weighted by Crippen LogP contribution is -2.41. The first-order valence-corrected chi connectivity index (χ1v) is 13.7. The number of phenols is 1. The Bertz CT molecular complexity index is 1660. The molecule has 9 nitrogen and oxygen atoms in total. The molecule has 1 unspecified atom stereocenters. The second-order valence-corrected chi connectivity index (χ2v) is 10.6. The third-order valence-corrected chi connectivity index (χ3v) is 7.23. The lowest BCUT2D eigenvalue weighted by atomic mass is 10.1. The maximum absolute atomic E-state index is 13.4. The number of benzene rings is 3. The van der Waals surface area contributed by atoms with E-state index in [0.717, 1.165) is 13.2 Å². The number of alkyl halides is 6. The van der Waals surface area contributed by atoms with Crippen molar-refractivity contribution in [3.05, 3.63) is 82.4 Å². The van der Waals surface area contributed by atoms with Gasteiger partial charge in [-0.25, -0.2) is 9.59 Å². The van der Waals surface area contributed by atoms with E-state index >= 15 is 0 Å². The van der Waals surface area contributed by atoms with E-state index in [0.29, 0.717) is 23.4 Å². The van der Waals surface area contributed by atoms with Gasteiger partial charge in [-0.2, -0.15) is 26.3 Å². The van der Waals surface area contributed by atoms with Crippen molar-refractivity contribution in [1.82, 2.24) is 0 Å². The smallest absolute Gasteiger partial charge is 0.416 e. The number of aromatic hydroxyl groups is 1. The molecule has 0 spiro atoms. The molecular weight excluding hydrogens is 646 g/mol. The summed E-state index contributed by atoms with van der Waals surface area (Å²) in [6.07, 6.45) is -9.67. The summed E-state index contributed by atoms with van der Waals surface area (Å²) >= 11 is 5.40. The summed E-state index contributed by atoms with van der Waals surface area (Å²) in [5.41, 5.74) is -2.36. The number of hydrogen-bond donors (Lipinski definition) is 3. The van der Waals surface area contributed by atoms with E-state index in [-0.39, 0.29) is 52.9 Å². The van der Waals surface area contributed by atoms with Crippen LogP contribution in [0, 0.1) is 0 Å². The average Bonchev–Trinajstić information content (AvgIpc) is 3.34. The number of esters is 1. The molecule has 3 aromatic rings. The van der Waals surface area contributed by atoms with Crippen LogP contribution < -0.4 is 15.0 Å². The Morgan fingerprint density at radius 3 is 2.17 bits per heavy atom. The van der Waals surface area contributed by atoms with Gasteiger partial charge in [0, 0.05) is 23.8 Å². The first kappa shape index (κ1) is 34.0. The molecule has 46 heavy (non-hydrogen) atoms. The zero-order chi connectivity index (χ0) is 34.0. The van der Waals surface area contributed by atoms with E-state index in [1.807, 2.05) is 0 Å². The molecule has 4 rings (SSSR count). The molecule has 0 fully saturated rings. The molecule has 0 radical (unpaired) electrons. The second-order valence-electron chi connectivity index (χ2n) is 10.1. The fraction of sp³-hybridized carbons (Fsp3) is 0.267. The number of hydrogen-bond acceptors (Lipinski definition) is 7. The Morgan fingerprint density at radius 1 is 0.957 bits per heavy atom. The zero-order valence-corrected chi connectivity index (χ0v) is 24.5. The van der Waals surface area contributed by atoms with Crippen molar-refractivity contribution >= 4 is 46.4 Å². The number of nitrogens with zero attached hydrogens (tertiary/aromatic N) is 1. The highest BCUT2D eigenvalue weighted by atomic mass is 32.1. The van der Waals surface area contributed by atoms with Crippen LogP contribution in [0.15, 0.2) is 54.6 Å². The number of nitrogens with one attached hydrogen (secondary N) is 1. The topological polar surface area (TPSA) is 125 Å². The van der Waals surface area contributed by atoms with Crippen molar-refractivity contribution < 1.29 is 60.4 Å². The van der Waals surface area contributed by atoms with Crippen LogP contribution in [-0.4, -0.2) is 52.8 Å². The average molecular weight is 671 g/mol. The first-order chi connectivity index (χ1) is 21.5. The van der Waals surface area contributed by atoms with Crippen LogP contribution in [0.3, 0.4) is 0 Å². The predicted molar refractivity (Wildman–Crippen MR) is 155 cm³/mol. The summed E-state index contributed by atoms with van der Waals surface area (Å²) in [4.78, 5) is 38.3. The van der Waals surface area contributed by atoms with Crippen LogP contribution in [0.25, 0.3) is 0 Å². The molecule has 3 aromatic carbocycles. The molecule has 1 atom stereocenters. The van der Waals surface area contributed by atoms with Crippen LogP contribution in [-0.2, 0) is 28.3 Å². The molecule has 0 saturated heterocycles. The molecule has 3 N–H and O–H groups in total. The summed E-state index contributed by atoms with van der Waals surface area (Å²) < 4.78 is 89.4. The van der Waals surface area contributed by atoms with Crippen molar-refractivity contribution in [2.75, 3.05) is 23.9 Å². The summed E-state index contributed by atoms with van der Waals surface area (Å²) in [5, 5.41) is 22.2. The molecule has 0 saturated carbocycles. The molecule has 0 aromatic heterocycles.